The first-order chi connectivity index (χ1) is 12.9. The van der Waals surface area contributed by atoms with Crippen LogP contribution in [0.2, 0.25) is 0 Å². The fraction of sp³-hybridized carbons (Fsp3) is 0.333. The molecule has 0 bridgehead atoms. The molecule has 27 heavy (non-hydrogen) atoms. The Morgan fingerprint density at radius 1 is 1.26 bits per heavy atom. The third kappa shape index (κ3) is 4.60. The van der Waals surface area contributed by atoms with Crippen LogP contribution < -0.4 is 10.6 Å². The molecule has 3 aromatic rings. The molecule has 2 N–H and O–H groups in total. The van der Waals surface area contributed by atoms with Crippen LogP contribution in [0, 0.1) is 6.92 Å². The van der Waals surface area contributed by atoms with Crippen molar-refractivity contribution < 1.29 is 17.6 Å². The zero-order chi connectivity index (χ0) is 19.4. The zero-order valence-corrected chi connectivity index (χ0v) is 15.7. The van der Waals surface area contributed by atoms with Crippen molar-refractivity contribution in [3.05, 3.63) is 51.7 Å². The lowest BCUT2D eigenvalue weighted by Gasteiger charge is -2.10. The van der Waals surface area contributed by atoms with Gasteiger partial charge in [-0.3, -0.25) is 4.99 Å². The predicted octanol–water partition coefficient (Wildman–Crippen LogP) is 4.12. The van der Waals surface area contributed by atoms with Crippen molar-refractivity contribution in [1.29, 1.82) is 0 Å². The third-order valence-electron chi connectivity index (χ3n) is 4.06. The molecule has 2 aromatic heterocycles. The first-order valence-corrected chi connectivity index (χ1v) is 9.19. The summed E-state index contributed by atoms with van der Waals surface area (Å²) < 4.78 is 43.5. The van der Waals surface area contributed by atoms with Gasteiger partial charge in [-0.05, 0) is 13.0 Å². The van der Waals surface area contributed by atoms with Gasteiger partial charge < -0.3 is 15.1 Å². The molecule has 1 aromatic carbocycles. The summed E-state index contributed by atoms with van der Waals surface area (Å²) >= 11 is 1.00. The summed E-state index contributed by atoms with van der Waals surface area (Å²) in [5.41, 5.74) is 1.06. The molecular weight excluding hydrogens is 377 g/mol. The van der Waals surface area contributed by atoms with Gasteiger partial charge >= 0.3 is 6.18 Å². The number of guanidine groups is 1. The number of para-hydroxylation sites is 1. The average Bonchev–Trinajstić information content (AvgIpc) is 3.23. The fourth-order valence-electron chi connectivity index (χ4n) is 2.62. The number of hydrogen-bond acceptors (Lipinski definition) is 4. The molecule has 3 rings (SSSR count). The van der Waals surface area contributed by atoms with E-state index in [1.165, 1.54) is 0 Å². The molecule has 9 heteroatoms. The Hall–Kier alpha value is -2.55. The topological polar surface area (TPSA) is 62.5 Å². The van der Waals surface area contributed by atoms with Crippen molar-refractivity contribution in [3.63, 3.8) is 0 Å². The van der Waals surface area contributed by atoms with E-state index in [1.54, 1.807) is 7.05 Å². The maximum absolute atomic E-state index is 12.6. The van der Waals surface area contributed by atoms with E-state index < -0.39 is 11.9 Å². The third-order valence-corrected chi connectivity index (χ3v) is 4.96. The number of thiazole rings is 1. The number of aliphatic imine (C=N–C) groups is 1. The molecule has 0 radical (unpaired) electrons. The molecule has 0 unspecified atom stereocenters. The number of furan rings is 1. The number of aryl methyl sites for hydroxylation is 1. The van der Waals surface area contributed by atoms with Crippen LogP contribution in [0.25, 0.3) is 11.0 Å². The van der Waals surface area contributed by atoms with Crippen molar-refractivity contribution in [2.45, 2.75) is 26.1 Å². The number of benzene rings is 1. The first kappa shape index (κ1) is 19.2. The lowest BCUT2D eigenvalue weighted by molar-refractivity contribution is -0.140. The minimum absolute atomic E-state index is 0.380. The molecule has 0 spiro atoms. The number of aromatic nitrogens is 1. The number of hydrogen-bond donors (Lipinski definition) is 2. The normalized spacial score (nSPS) is 12.6. The van der Waals surface area contributed by atoms with E-state index in [2.05, 4.69) is 20.6 Å². The largest absolute Gasteiger partial charge is 0.459 e. The Bertz CT molecular complexity index is 946. The van der Waals surface area contributed by atoms with Crippen molar-refractivity contribution in [3.8, 4) is 0 Å². The van der Waals surface area contributed by atoms with Crippen LogP contribution in [0.1, 0.15) is 22.0 Å². The van der Waals surface area contributed by atoms with E-state index in [1.807, 2.05) is 31.2 Å². The van der Waals surface area contributed by atoms with Gasteiger partial charge in [-0.25, -0.2) is 4.98 Å². The molecule has 0 aliphatic rings. The van der Waals surface area contributed by atoms with Crippen LogP contribution in [0.15, 0.2) is 39.1 Å². The van der Waals surface area contributed by atoms with Crippen LogP contribution in [-0.4, -0.2) is 24.5 Å². The predicted molar refractivity (Wildman–Crippen MR) is 100.0 cm³/mol. The Morgan fingerprint density at radius 3 is 2.70 bits per heavy atom. The van der Waals surface area contributed by atoms with Gasteiger partial charge in [0.2, 0.25) is 0 Å². The molecule has 0 amide bonds. The number of rotatable bonds is 5. The summed E-state index contributed by atoms with van der Waals surface area (Å²) in [5, 5.41) is 8.76. The quantitative estimate of drug-likeness (QED) is 0.503. The highest BCUT2D eigenvalue weighted by Gasteiger charge is 2.33. The SMILES string of the molecule is CN=C(NCCc1nc(C(F)(F)F)cs1)NCc1oc2ccccc2c1C. The number of fused-ring (bicyclic) bond motifs is 1. The highest BCUT2D eigenvalue weighted by atomic mass is 32.1. The maximum atomic E-state index is 12.6. The van der Waals surface area contributed by atoms with Gasteiger partial charge in [-0.1, -0.05) is 18.2 Å². The summed E-state index contributed by atoms with van der Waals surface area (Å²) in [6.45, 7) is 2.87. The fourth-order valence-corrected chi connectivity index (χ4v) is 3.43. The first-order valence-electron chi connectivity index (χ1n) is 8.31. The molecule has 0 saturated carbocycles. The van der Waals surface area contributed by atoms with Gasteiger partial charge in [0.05, 0.1) is 11.6 Å². The van der Waals surface area contributed by atoms with Gasteiger partial charge in [-0.2, -0.15) is 13.2 Å². The average molecular weight is 396 g/mol. The van der Waals surface area contributed by atoms with E-state index in [9.17, 15) is 13.2 Å². The smallest absolute Gasteiger partial charge is 0.434 e. The number of nitrogens with one attached hydrogen (secondary N) is 2. The minimum atomic E-state index is -4.40. The van der Waals surface area contributed by atoms with Crippen molar-refractivity contribution in [2.75, 3.05) is 13.6 Å². The van der Waals surface area contributed by atoms with Gasteiger partial charge in [0.25, 0.3) is 0 Å². The summed E-state index contributed by atoms with van der Waals surface area (Å²) in [4.78, 5) is 7.73. The zero-order valence-electron chi connectivity index (χ0n) is 14.9. The maximum Gasteiger partial charge on any atom is 0.434 e. The second-order valence-electron chi connectivity index (χ2n) is 5.87. The standard InChI is InChI=1S/C18H19F3N4OS/c1-11-12-5-3-4-6-13(12)26-14(11)9-24-17(22-2)23-8-7-16-25-15(10-27-16)18(19,20)21/h3-6,10H,7-9H2,1-2H3,(H2,22,23,24). The molecule has 5 nitrogen and oxygen atoms in total. The van der Waals surface area contributed by atoms with Crippen molar-refractivity contribution in [2.24, 2.45) is 4.99 Å². The monoisotopic (exact) mass is 396 g/mol. The Labute approximate surface area is 158 Å². The molecule has 0 aliphatic carbocycles. The Balaban J connectivity index is 1.52. The van der Waals surface area contributed by atoms with Gasteiger partial charge in [-0.15, -0.1) is 11.3 Å². The second kappa shape index (κ2) is 7.99. The number of alkyl halides is 3. The molecule has 2 heterocycles. The lowest BCUT2D eigenvalue weighted by atomic mass is 10.1. The van der Waals surface area contributed by atoms with Crippen molar-refractivity contribution >= 4 is 28.3 Å². The number of nitrogens with zero attached hydrogens (tertiary/aromatic N) is 2. The van der Waals surface area contributed by atoms with Crippen molar-refractivity contribution in [1.82, 2.24) is 15.6 Å². The summed E-state index contributed by atoms with van der Waals surface area (Å²) in [7, 11) is 1.63. The molecule has 0 atom stereocenters. The summed E-state index contributed by atoms with van der Waals surface area (Å²) in [5.74, 6) is 1.36. The Kier molecular flexibility index (Phi) is 5.69. The lowest BCUT2D eigenvalue weighted by Crippen LogP contribution is -2.37. The molecule has 0 aliphatic heterocycles. The van der Waals surface area contributed by atoms with Crippen LogP contribution in [0.5, 0.6) is 0 Å². The van der Waals surface area contributed by atoms with Gasteiger partial charge in [0, 0.05) is 36.3 Å². The summed E-state index contributed by atoms with van der Waals surface area (Å²) in [6.07, 6.45) is -4.02. The van der Waals surface area contributed by atoms with E-state index >= 15 is 0 Å². The highest BCUT2D eigenvalue weighted by molar-refractivity contribution is 7.09. The second-order valence-corrected chi connectivity index (χ2v) is 6.82. The van der Waals surface area contributed by atoms with E-state index in [4.69, 9.17) is 4.42 Å². The molecule has 0 saturated heterocycles. The van der Waals surface area contributed by atoms with Gasteiger partial charge in [0.15, 0.2) is 11.7 Å². The van der Waals surface area contributed by atoms with Crippen LogP contribution in [0.3, 0.4) is 0 Å². The Morgan fingerprint density at radius 2 is 2.04 bits per heavy atom. The molecule has 144 valence electrons. The minimum Gasteiger partial charge on any atom is -0.459 e. The van der Waals surface area contributed by atoms with Crippen LogP contribution >= 0.6 is 11.3 Å². The van der Waals surface area contributed by atoms with E-state index in [0.717, 1.165) is 39.0 Å². The van der Waals surface area contributed by atoms with Crippen LogP contribution in [0.4, 0.5) is 13.2 Å². The van der Waals surface area contributed by atoms with Gasteiger partial charge in [0.1, 0.15) is 11.3 Å². The molecular formula is C18H19F3N4OS. The van der Waals surface area contributed by atoms with E-state index in [-0.39, 0.29) is 0 Å². The highest BCUT2D eigenvalue weighted by Crippen LogP contribution is 2.30. The molecule has 0 fully saturated rings. The van der Waals surface area contributed by atoms with Crippen LogP contribution in [-0.2, 0) is 19.1 Å². The number of halogens is 3. The summed E-state index contributed by atoms with van der Waals surface area (Å²) in [6, 6.07) is 7.81. The van der Waals surface area contributed by atoms with E-state index in [0.29, 0.717) is 30.5 Å².